The van der Waals surface area contributed by atoms with Gasteiger partial charge in [0.25, 0.3) is 0 Å². The molecule has 0 amide bonds. The summed E-state index contributed by atoms with van der Waals surface area (Å²) in [5.41, 5.74) is 1.22. The number of aliphatic carboxylic acids is 2. The number of carbonyl (C=O) groups is 2. The minimum atomic E-state index is -1.53. The largest absolute Gasteiger partial charge is 0.480 e. The number of carboxylic acid groups (broad SMARTS) is 2. The second-order valence-corrected chi connectivity index (χ2v) is 4.76. The van der Waals surface area contributed by atoms with E-state index < -0.39 is 17.9 Å². The second-order valence-electron chi connectivity index (χ2n) is 4.76. The molecule has 0 atom stereocenters. The predicted molar refractivity (Wildman–Crippen MR) is 74.9 cm³/mol. The molecule has 2 rings (SSSR count). The van der Waals surface area contributed by atoms with Crippen LogP contribution in [0.1, 0.15) is 31.2 Å². The molecule has 2 aromatic rings. The average Bonchev–Trinajstić information content (AvgIpc) is 2.75. The zero-order valence-electron chi connectivity index (χ0n) is 11.2. The van der Waals surface area contributed by atoms with E-state index in [1.807, 2.05) is 16.7 Å². The molecular weight excluding hydrogens is 258 g/mol. The molecule has 0 spiro atoms. The molecule has 20 heavy (non-hydrogen) atoms. The first-order chi connectivity index (χ1) is 9.56. The number of fused-ring (bicyclic) bond motifs is 1. The molecule has 0 fully saturated rings. The van der Waals surface area contributed by atoms with Crippen LogP contribution in [0.2, 0.25) is 0 Å². The average molecular weight is 275 g/mol. The van der Waals surface area contributed by atoms with Crippen molar-refractivity contribution in [1.29, 1.82) is 0 Å². The Morgan fingerprint density at radius 2 is 1.85 bits per heavy atom. The van der Waals surface area contributed by atoms with Gasteiger partial charge < -0.3 is 14.8 Å². The van der Waals surface area contributed by atoms with E-state index in [4.69, 9.17) is 10.2 Å². The van der Waals surface area contributed by atoms with Crippen molar-refractivity contribution >= 4 is 22.8 Å². The van der Waals surface area contributed by atoms with Crippen LogP contribution in [0.25, 0.3) is 10.9 Å². The van der Waals surface area contributed by atoms with Gasteiger partial charge in [-0.25, -0.2) is 0 Å². The summed E-state index contributed by atoms with van der Waals surface area (Å²) in [4.78, 5) is 22.4. The highest BCUT2D eigenvalue weighted by Crippen LogP contribution is 2.28. The van der Waals surface area contributed by atoms with Crippen molar-refractivity contribution in [1.82, 2.24) is 4.57 Å². The molecule has 1 aromatic heterocycles. The summed E-state index contributed by atoms with van der Waals surface area (Å²) in [6.45, 7) is 2.83. The van der Waals surface area contributed by atoms with Crippen LogP contribution >= 0.6 is 0 Å². The highest BCUT2D eigenvalue weighted by atomic mass is 16.4. The standard InChI is InChI=1S/C15H17NO4/c1-2-3-8-16-9-11(13(14(17)18)15(19)20)10-6-4-5-7-12(10)16/h4-7,9,13H,2-3,8H2,1H3,(H,17,18)(H,19,20). The summed E-state index contributed by atoms with van der Waals surface area (Å²) in [5, 5.41) is 19.0. The Labute approximate surface area is 116 Å². The molecule has 0 bridgehead atoms. The molecular formula is C15H17NO4. The van der Waals surface area contributed by atoms with Crippen molar-refractivity contribution in [3.63, 3.8) is 0 Å². The van der Waals surface area contributed by atoms with Crippen molar-refractivity contribution in [2.45, 2.75) is 32.2 Å². The Morgan fingerprint density at radius 3 is 2.45 bits per heavy atom. The van der Waals surface area contributed by atoms with Crippen LogP contribution in [0, 0.1) is 0 Å². The van der Waals surface area contributed by atoms with Crippen LogP contribution in [0.3, 0.4) is 0 Å². The van der Waals surface area contributed by atoms with Crippen LogP contribution in [-0.4, -0.2) is 26.7 Å². The summed E-state index contributed by atoms with van der Waals surface area (Å²) in [6.07, 6.45) is 3.64. The smallest absolute Gasteiger partial charge is 0.322 e. The van der Waals surface area contributed by atoms with Gasteiger partial charge in [0.05, 0.1) is 0 Å². The Morgan fingerprint density at radius 1 is 1.20 bits per heavy atom. The van der Waals surface area contributed by atoms with E-state index in [2.05, 4.69) is 6.92 Å². The monoisotopic (exact) mass is 275 g/mol. The number of para-hydroxylation sites is 1. The van der Waals surface area contributed by atoms with Crippen LogP contribution < -0.4 is 0 Å². The van der Waals surface area contributed by atoms with Gasteiger partial charge in [0.15, 0.2) is 5.92 Å². The van der Waals surface area contributed by atoms with Crippen molar-refractivity contribution in [2.24, 2.45) is 0 Å². The summed E-state index contributed by atoms with van der Waals surface area (Å²) >= 11 is 0. The lowest BCUT2D eigenvalue weighted by Gasteiger charge is -2.05. The molecule has 106 valence electrons. The maximum Gasteiger partial charge on any atom is 0.322 e. The molecule has 0 unspecified atom stereocenters. The van der Waals surface area contributed by atoms with Crippen molar-refractivity contribution in [3.05, 3.63) is 36.0 Å². The summed E-state index contributed by atoms with van der Waals surface area (Å²) < 4.78 is 1.94. The fourth-order valence-corrected chi connectivity index (χ4v) is 2.39. The summed E-state index contributed by atoms with van der Waals surface area (Å²) in [5.74, 6) is -4.20. The van der Waals surface area contributed by atoms with Gasteiger partial charge in [0.1, 0.15) is 0 Å². The fourth-order valence-electron chi connectivity index (χ4n) is 2.39. The van der Waals surface area contributed by atoms with Crippen LogP contribution in [-0.2, 0) is 16.1 Å². The molecule has 0 saturated carbocycles. The third-order valence-corrected chi connectivity index (χ3v) is 3.38. The number of unbranched alkanes of at least 4 members (excludes halogenated alkanes) is 1. The fraction of sp³-hybridized carbons (Fsp3) is 0.333. The van der Waals surface area contributed by atoms with Gasteiger partial charge in [-0.2, -0.15) is 0 Å². The second kappa shape index (κ2) is 5.77. The van der Waals surface area contributed by atoms with E-state index in [1.54, 1.807) is 18.3 Å². The number of aryl methyl sites for hydroxylation is 1. The van der Waals surface area contributed by atoms with Crippen molar-refractivity contribution in [2.75, 3.05) is 0 Å². The molecule has 2 N–H and O–H groups in total. The van der Waals surface area contributed by atoms with Crippen LogP contribution in [0.5, 0.6) is 0 Å². The number of carboxylic acids is 2. The number of nitrogens with zero attached hydrogens (tertiary/aromatic N) is 1. The topological polar surface area (TPSA) is 79.5 Å². The van der Waals surface area contributed by atoms with Gasteiger partial charge in [-0.15, -0.1) is 0 Å². The van der Waals surface area contributed by atoms with Crippen LogP contribution in [0.4, 0.5) is 0 Å². The normalized spacial score (nSPS) is 11.1. The maximum atomic E-state index is 11.2. The Balaban J connectivity index is 2.58. The molecule has 0 radical (unpaired) electrons. The highest BCUT2D eigenvalue weighted by molar-refractivity contribution is 6.03. The van der Waals surface area contributed by atoms with Gasteiger partial charge in [-0.05, 0) is 12.5 Å². The third-order valence-electron chi connectivity index (χ3n) is 3.38. The molecule has 0 aliphatic rings. The number of hydrogen-bond acceptors (Lipinski definition) is 2. The molecule has 5 nitrogen and oxygen atoms in total. The SMILES string of the molecule is CCCCn1cc(C(C(=O)O)C(=O)O)c2ccccc21. The number of aromatic nitrogens is 1. The van der Waals surface area contributed by atoms with Gasteiger partial charge in [0, 0.05) is 29.2 Å². The number of benzene rings is 1. The van der Waals surface area contributed by atoms with E-state index in [1.165, 1.54) is 0 Å². The lowest BCUT2D eigenvalue weighted by molar-refractivity contribution is -0.149. The molecule has 1 heterocycles. The first-order valence-electron chi connectivity index (χ1n) is 6.59. The van der Waals surface area contributed by atoms with Crippen LogP contribution in [0.15, 0.2) is 30.5 Å². The quantitative estimate of drug-likeness (QED) is 0.794. The Bertz CT molecular complexity index is 630. The highest BCUT2D eigenvalue weighted by Gasteiger charge is 2.30. The van der Waals surface area contributed by atoms with Gasteiger partial charge in [0.2, 0.25) is 0 Å². The lowest BCUT2D eigenvalue weighted by atomic mass is 9.99. The lowest BCUT2D eigenvalue weighted by Crippen LogP contribution is -2.20. The Kier molecular flexibility index (Phi) is 4.08. The third kappa shape index (κ3) is 2.52. The van der Waals surface area contributed by atoms with E-state index in [9.17, 15) is 9.59 Å². The van der Waals surface area contributed by atoms with E-state index in [0.717, 1.165) is 24.9 Å². The first kappa shape index (κ1) is 14.1. The minimum absolute atomic E-state index is 0.344. The molecule has 0 aliphatic carbocycles. The van der Waals surface area contributed by atoms with Gasteiger partial charge >= 0.3 is 11.9 Å². The summed E-state index contributed by atoms with van der Waals surface area (Å²) in [7, 11) is 0. The number of hydrogen-bond donors (Lipinski definition) is 2. The first-order valence-corrected chi connectivity index (χ1v) is 6.59. The minimum Gasteiger partial charge on any atom is -0.480 e. The number of rotatable bonds is 6. The Hall–Kier alpha value is -2.30. The summed E-state index contributed by atoms with van der Waals surface area (Å²) in [6, 6.07) is 7.31. The zero-order chi connectivity index (χ0) is 14.7. The zero-order valence-corrected chi connectivity index (χ0v) is 11.2. The van der Waals surface area contributed by atoms with E-state index in [-0.39, 0.29) is 0 Å². The van der Waals surface area contributed by atoms with Gasteiger partial charge in [-0.3, -0.25) is 9.59 Å². The maximum absolute atomic E-state index is 11.2. The molecule has 1 aromatic carbocycles. The van der Waals surface area contributed by atoms with Crippen molar-refractivity contribution in [3.8, 4) is 0 Å². The van der Waals surface area contributed by atoms with E-state index >= 15 is 0 Å². The van der Waals surface area contributed by atoms with Crippen molar-refractivity contribution < 1.29 is 19.8 Å². The van der Waals surface area contributed by atoms with E-state index in [0.29, 0.717) is 10.9 Å². The molecule has 0 saturated heterocycles. The van der Waals surface area contributed by atoms with Gasteiger partial charge in [-0.1, -0.05) is 31.5 Å². The predicted octanol–water partition coefficient (Wildman–Crippen LogP) is 2.69. The molecule has 0 aliphatic heterocycles. The molecule has 5 heteroatoms.